The molecular weight excluding hydrogens is 330 g/mol. The summed E-state index contributed by atoms with van der Waals surface area (Å²) < 4.78 is 10.7. The van der Waals surface area contributed by atoms with E-state index < -0.39 is 5.91 Å². The molecule has 0 heterocycles. The summed E-state index contributed by atoms with van der Waals surface area (Å²) in [6.07, 6.45) is 3.02. The molecule has 0 aliphatic carbocycles. The second-order valence-corrected chi connectivity index (χ2v) is 5.90. The van der Waals surface area contributed by atoms with Gasteiger partial charge in [-0.2, -0.15) is 0 Å². The third kappa shape index (κ3) is 5.92. The van der Waals surface area contributed by atoms with Crippen LogP contribution in [0.1, 0.15) is 43.0 Å². The highest BCUT2D eigenvalue weighted by molar-refractivity contribution is 5.99. The Balaban J connectivity index is 1.86. The maximum Gasteiger partial charge on any atom is 0.305 e. The molecule has 2 rings (SSSR count). The van der Waals surface area contributed by atoms with Crippen molar-refractivity contribution in [1.29, 1.82) is 0 Å². The summed E-state index contributed by atoms with van der Waals surface area (Å²) in [5.74, 6) is 0.148. The van der Waals surface area contributed by atoms with E-state index in [0.29, 0.717) is 25.2 Å². The van der Waals surface area contributed by atoms with E-state index in [-0.39, 0.29) is 5.97 Å². The minimum atomic E-state index is -0.450. The number of amides is 1. The van der Waals surface area contributed by atoms with Crippen LogP contribution < -0.4 is 10.5 Å². The van der Waals surface area contributed by atoms with Crippen LogP contribution in [0.25, 0.3) is 11.1 Å². The molecule has 0 radical (unpaired) electrons. The van der Waals surface area contributed by atoms with Crippen LogP contribution >= 0.6 is 0 Å². The third-order valence-electron chi connectivity index (χ3n) is 3.94. The normalized spacial score (nSPS) is 10.3. The summed E-state index contributed by atoms with van der Waals surface area (Å²) >= 11 is 0. The molecule has 2 aromatic carbocycles. The van der Waals surface area contributed by atoms with E-state index in [1.807, 2.05) is 43.3 Å². The lowest BCUT2D eigenvalue weighted by Gasteiger charge is -2.10. The van der Waals surface area contributed by atoms with Crippen molar-refractivity contribution in [2.75, 3.05) is 13.2 Å². The van der Waals surface area contributed by atoms with Crippen molar-refractivity contribution >= 4 is 11.9 Å². The van der Waals surface area contributed by atoms with Crippen LogP contribution in [0.3, 0.4) is 0 Å². The third-order valence-corrected chi connectivity index (χ3v) is 3.94. The van der Waals surface area contributed by atoms with Gasteiger partial charge in [-0.3, -0.25) is 9.59 Å². The fourth-order valence-electron chi connectivity index (χ4n) is 2.67. The average Bonchev–Trinajstić information content (AvgIpc) is 2.65. The Morgan fingerprint density at radius 3 is 2.58 bits per heavy atom. The molecule has 2 aromatic rings. The van der Waals surface area contributed by atoms with E-state index in [1.54, 1.807) is 12.1 Å². The van der Waals surface area contributed by atoms with Gasteiger partial charge in [0.05, 0.1) is 13.2 Å². The number of benzene rings is 2. The summed E-state index contributed by atoms with van der Waals surface area (Å²) in [6.45, 7) is 2.81. The summed E-state index contributed by atoms with van der Waals surface area (Å²) in [4.78, 5) is 22.9. The SMILES string of the molecule is CCOC(=O)CCCCCOc1cccc(-c2ccccc2C(N)=O)c1. The fourth-order valence-corrected chi connectivity index (χ4v) is 2.67. The summed E-state index contributed by atoms with van der Waals surface area (Å²) in [5.41, 5.74) is 7.62. The van der Waals surface area contributed by atoms with Crippen LogP contribution in [0.4, 0.5) is 0 Å². The molecule has 0 saturated heterocycles. The monoisotopic (exact) mass is 355 g/mol. The topological polar surface area (TPSA) is 78.6 Å². The van der Waals surface area contributed by atoms with Crippen LogP contribution in [-0.2, 0) is 9.53 Å². The molecule has 0 fully saturated rings. The Morgan fingerprint density at radius 2 is 1.81 bits per heavy atom. The fraction of sp³-hybridized carbons (Fsp3) is 0.333. The van der Waals surface area contributed by atoms with E-state index in [4.69, 9.17) is 15.2 Å². The second kappa shape index (κ2) is 10.2. The molecular formula is C21H25NO4. The molecule has 0 aromatic heterocycles. The Morgan fingerprint density at radius 1 is 1.00 bits per heavy atom. The van der Waals surface area contributed by atoms with Crippen LogP contribution in [0.2, 0.25) is 0 Å². The molecule has 2 N–H and O–H groups in total. The minimum Gasteiger partial charge on any atom is -0.494 e. The zero-order chi connectivity index (χ0) is 18.8. The number of primary amides is 1. The van der Waals surface area contributed by atoms with E-state index in [2.05, 4.69) is 0 Å². The number of nitrogens with two attached hydrogens (primary N) is 1. The average molecular weight is 355 g/mol. The predicted molar refractivity (Wildman–Crippen MR) is 101 cm³/mol. The van der Waals surface area contributed by atoms with Crippen molar-refractivity contribution < 1.29 is 19.1 Å². The summed E-state index contributed by atoms with van der Waals surface area (Å²) in [7, 11) is 0. The van der Waals surface area contributed by atoms with Gasteiger partial charge < -0.3 is 15.2 Å². The van der Waals surface area contributed by atoms with Gasteiger partial charge in [0.25, 0.3) is 0 Å². The van der Waals surface area contributed by atoms with Crippen molar-refractivity contribution in [3.8, 4) is 16.9 Å². The Kier molecular flexibility index (Phi) is 7.68. The molecule has 0 spiro atoms. The van der Waals surface area contributed by atoms with E-state index >= 15 is 0 Å². The lowest BCUT2D eigenvalue weighted by atomic mass is 9.99. The molecule has 0 aliphatic rings. The Hall–Kier alpha value is -2.82. The van der Waals surface area contributed by atoms with Crippen LogP contribution in [-0.4, -0.2) is 25.1 Å². The van der Waals surface area contributed by atoms with Crippen molar-refractivity contribution in [2.24, 2.45) is 5.73 Å². The Labute approximate surface area is 154 Å². The predicted octanol–water partition coefficient (Wildman–Crippen LogP) is 3.95. The van der Waals surface area contributed by atoms with Crippen molar-refractivity contribution in [3.63, 3.8) is 0 Å². The van der Waals surface area contributed by atoms with Gasteiger partial charge in [-0.15, -0.1) is 0 Å². The maximum absolute atomic E-state index is 11.6. The number of esters is 1. The van der Waals surface area contributed by atoms with Gasteiger partial charge in [0, 0.05) is 12.0 Å². The zero-order valence-electron chi connectivity index (χ0n) is 15.1. The first-order valence-corrected chi connectivity index (χ1v) is 8.89. The highest BCUT2D eigenvalue weighted by Gasteiger charge is 2.09. The smallest absolute Gasteiger partial charge is 0.305 e. The number of hydrogen-bond donors (Lipinski definition) is 1. The number of unbranched alkanes of at least 4 members (excludes halogenated alkanes) is 2. The molecule has 0 bridgehead atoms. The van der Waals surface area contributed by atoms with E-state index in [0.717, 1.165) is 36.1 Å². The molecule has 0 atom stereocenters. The van der Waals surface area contributed by atoms with Crippen molar-refractivity contribution in [2.45, 2.75) is 32.6 Å². The minimum absolute atomic E-state index is 0.144. The molecule has 5 heteroatoms. The number of hydrogen-bond acceptors (Lipinski definition) is 4. The van der Waals surface area contributed by atoms with Gasteiger partial charge in [0.2, 0.25) is 5.91 Å². The van der Waals surface area contributed by atoms with E-state index in [1.165, 1.54) is 0 Å². The van der Waals surface area contributed by atoms with Crippen molar-refractivity contribution in [3.05, 3.63) is 54.1 Å². The zero-order valence-corrected chi connectivity index (χ0v) is 15.1. The first kappa shape index (κ1) is 19.5. The molecule has 0 unspecified atom stereocenters. The van der Waals surface area contributed by atoms with Gasteiger partial charge in [-0.1, -0.05) is 30.3 Å². The van der Waals surface area contributed by atoms with Crippen LogP contribution in [0, 0.1) is 0 Å². The first-order chi connectivity index (χ1) is 12.6. The molecule has 0 aliphatic heterocycles. The quantitative estimate of drug-likeness (QED) is 0.517. The molecule has 1 amide bonds. The van der Waals surface area contributed by atoms with Gasteiger partial charge in [-0.05, 0) is 55.5 Å². The molecule has 0 saturated carbocycles. The number of carbonyl (C=O) groups is 2. The standard InChI is InChI=1S/C21H25NO4/c1-2-25-20(23)13-4-3-7-14-26-17-10-8-9-16(15-17)18-11-5-6-12-19(18)21(22)24/h5-6,8-12,15H,2-4,7,13-14H2,1H3,(H2,22,24). The highest BCUT2D eigenvalue weighted by Crippen LogP contribution is 2.27. The van der Waals surface area contributed by atoms with Gasteiger partial charge in [0.1, 0.15) is 5.75 Å². The molecule has 138 valence electrons. The molecule has 5 nitrogen and oxygen atoms in total. The lowest BCUT2D eigenvalue weighted by Crippen LogP contribution is -2.12. The Bertz CT molecular complexity index is 742. The first-order valence-electron chi connectivity index (χ1n) is 8.89. The van der Waals surface area contributed by atoms with Gasteiger partial charge >= 0.3 is 5.97 Å². The van der Waals surface area contributed by atoms with Crippen LogP contribution in [0.5, 0.6) is 5.75 Å². The molecule has 26 heavy (non-hydrogen) atoms. The van der Waals surface area contributed by atoms with Gasteiger partial charge in [-0.25, -0.2) is 0 Å². The number of carbonyl (C=O) groups excluding carboxylic acids is 2. The lowest BCUT2D eigenvalue weighted by molar-refractivity contribution is -0.143. The van der Waals surface area contributed by atoms with Crippen molar-refractivity contribution in [1.82, 2.24) is 0 Å². The van der Waals surface area contributed by atoms with E-state index in [9.17, 15) is 9.59 Å². The van der Waals surface area contributed by atoms with Crippen LogP contribution in [0.15, 0.2) is 48.5 Å². The number of ether oxygens (including phenoxy) is 2. The largest absolute Gasteiger partial charge is 0.494 e. The number of rotatable bonds is 10. The maximum atomic E-state index is 11.6. The highest BCUT2D eigenvalue weighted by atomic mass is 16.5. The summed E-state index contributed by atoms with van der Waals surface area (Å²) in [5, 5.41) is 0. The summed E-state index contributed by atoms with van der Waals surface area (Å²) in [6, 6.07) is 14.9. The van der Waals surface area contributed by atoms with Gasteiger partial charge in [0.15, 0.2) is 0 Å². The second-order valence-electron chi connectivity index (χ2n) is 5.90.